The number of nitrogens with zero attached hydrogens (tertiary/aromatic N) is 2. The highest BCUT2D eigenvalue weighted by atomic mass is 32.1. The lowest BCUT2D eigenvalue weighted by Gasteiger charge is -2.12. The molecule has 0 spiro atoms. The lowest BCUT2D eigenvalue weighted by Crippen LogP contribution is -2.17. The molecule has 0 amide bonds. The van der Waals surface area contributed by atoms with E-state index in [1.54, 1.807) is 17.6 Å². The van der Waals surface area contributed by atoms with Crippen molar-refractivity contribution in [3.05, 3.63) is 34.3 Å². The number of anilines is 1. The molecule has 2 aromatic rings. The fourth-order valence-corrected chi connectivity index (χ4v) is 2.33. The summed E-state index contributed by atoms with van der Waals surface area (Å²) >= 11 is 1.71. The van der Waals surface area contributed by atoms with Crippen molar-refractivity contribution in [1.29, 1.82) is 0 Å². The van der Waals surface area contributed by atoms with Gasteiger partial charge in [0.2, 0.25) is 0 Å². The SMILES string of the molecule is CCCNCc1coc(N(C)Cc2ccsc2)n1. The molecule has 0 aliphatic carbocycles. The van der Waals surface area contributed by atoms with Crippen LogP contribution in [0.3, 0.4) is 0 Å². The predicted octanol–water partition coefficient (Wildman–Crippen LogP) is 2.87. The molecule has 0 atom stereocenters. The van der Waals surface area contributed by atoms with E-state index < -0.39 is 0 Å². The van der Waals surface area contributed by atoms with Gasteiger partial charge >= 0.3 is 0 Å². The second kappa shape index (κ2) is 6.56. The van der Waals surface area contributed by atoms with Gasteiger partial charge in [-0.3, -0.25) is 0 Å². The molecule has 0 radical (unpaired) electrons. The van der Waals surface area contributed by atoms with Crippen LogP contribution in [0.2, 0.25) is 0 Å². The number of hydrogen-bond acceptors (Lipinski definition) is 5. The first-order valence-electron chi connectivity index (χ1n) is 6.17. The Hall–Kier alpha value is -1.33. The zero-order valence-electron chi connectivity index (χ0n) is 10.8. The first kappa shape index (κ1) is 13.1. The van der Waals surface area contributed by atoms with Crippen molar-refractivity contribution >= 4 is 17.4 Å². The van der Waals surface area contributed by atoms with Gasteiger partial charge in [0.15, 0.2) is 0 Å². The number of hydrogen-bond donors (Lipinski definition) is 1. The van der Waals surface area contributed by atoms with Crippen LogP contribution < -0.4 is 10.2 Å². The van der Waals surface area contributed by atoms with Crippen LogP contribution in [-0.2, 0) is 13.1 Å². The molecule has 0 aliphatic rings. The number of thiophene rings is 1. The maximum absolute atomic E-state index is 5.48. The maximum atomic E-state index is 5.48. The third-order valence-electron chi connectivity index (χ3n) is 2.60. The highest BCUT2D eigenvalue weighted by Crippen LogP contribution is 2.16. The number of aromatic nitrogens is 1. The molecule has 0 saturated heterocycles. The summed E-state index contributed by atoms with van der Waals surface area (Å²) in [6.07, 6.45) is 2.85. The molecule has 98 valence electrons. The molecule has 2 heterocycles. The Bertz CT molecular complexity index is 453. The van der Waals surface area contributed by atoms with Crippen LogP contribution in [0.15, 0.2) is 27.5 Å². The molecule has 18 heavy (non-hydrogen) atoms. The summed E-state index contributed by atoms with van der Waals surface area (Å²) in [5.41, 5.74) is 2.24. The van der Waals surface area contributed by atoms with E-state index in [2.05, 4.69) is 34.1 Å². The van der Waals surface area contributed by atoms with Gasteiger partial charge in [-0.15, -0.1) is 0 Å². The molecule has 0 bridgehead atoms. The monoisotopic (exact) mass is 265 g/mol. The van der Waals surface area contributed by atoms with E-state index in [9.17, 15) is 0 Å². The molecule has 0 unspecified atom stereocenters. The fraction of sp³-hybridized carbons (Fsp3) is 0.462. The van der Waals surface area contributed by atoms with Crippen LogP contribution in [-0.4, -0.2) is 18.6 Å². The molecule has 0 saturated carbocycles. The maximum Gasteiger partial charge on any atom is 0.297 e. The van der Waals surface area contributed by atoms with Crippen molar-refractivity contribution in [2.24, 2.45) is 0 Å². The normalized spacial score (nSPS) is 10.8. The summed E-state index contributed by atoms with van der Waals surface area (Å²) in [4.78, 5) is 6.48. The minimum Gasteiger partial charge on any atom is -0.432 e. The third kappa shape index (κ3) is 3.58. The van der Waals surface area contributed by atoms with Gasteiger partial charge in [-0.05, 0) is 35.4 Å². The first-order chi connectivity index (χ1) is 8.79. The Morgan fingerprint density at radius 2 is 2.39 bits per heavy atom. The zero-order valence-corrected chi connectivity index (χ0v) is 11.7. The van der Waals surface area contributed by atoms with Gasteiger partial charge in [0.05, 0.1) is 5.69 Å². The van der Waals surface area contributed by atoms with Crippen molar-refractivity contribution in [1.82, 2.24) is 10.3 Å². The van der Waals surface area contributed by atoms with Crippen molar-refractivity contribution in [2.75, 3.05) is 18.5 Å². The van der Waals surface area contributed by atoms with E-state index in [4.69, 9.17) is 4.42 Å². The molecule has 0 fully saturated rings. The van der Waals surface area contributed by atoms with Gasteiger partial charge in [-0.25, -0.2) is 0 Å². The topological polar surface area (TPSA) is 41.3 Å². The van der Waals surface area contributed by atoms with Crippen molar-refractivity contribution < 1.29 is 4.42 Å². The smallest absolute Gasteiger partial charge is 0.297 e. The largest absolute Gasteiger partial charge is 0.432 e. The molecule has 4 nitrogen and oxygen atoms in total. The van der Waals surface area contributed by atoms with E-state index in [1.807, 2.05) is 11.9 Å². The molecule has 2 rings (SSSR count). The lowest BCUT2D eigenvalue weighted by molar-refractivity contribution is 0.542. The Morgan fingerprint density at radius 1 is 1.50 bits per heavy atom. The summed E-state index contributed by atoms with van der Waals surface area (Å²) in [7, 11) is 1.99. The van der Waals surface area contributed by atoms with E-state index in [0.29, 0.717) is 6.01 Å². The van der Waals surface area contributed by atoms with Crippen LogP contribution in [0, 0.1) is 0 Å². The fourth-order valence-electron chi connectivity index (χ4n) is 1.67. The highest BCUT2D eigenvalue weighted by Gasteiger charge is 2.09. The number of oxazole rings is 1. The molecular weight excluding hydrogens is 246 g/mol. The van der Waals surface area contributed by atoms with Gasteiger partial charge in [-0.2, -0.15) is 16.3 Å². The van der Waals surface area contributed by atoms with Crippen molar-refractivity contribution in [3.63, 3.8) is 0 Å². The Labute approximate surface area is 112 Å². The molecule has 0 aliphatic heterocycles. The molecular formula is C13H19N3OS. The quantitative estimate of drug-likeness (QED) is 0.782. The minimum atomic E-state index is 0.675. The summed E-state index contributed by atoms with van der Waals surface area (Å²) in [5, 5.41) is 7.53. The van der Waals surface area contributed by atoms with Gasteiger partial charge in [0, 0.05) is 20.1 Å². The van der Waals surface area contributed by atoms with Gasteiger partial charge in [0.25, 0.3) is 6.01 Å². The van der Waals surface area contributed by atoms with Crippen LogP contribution in [0.25, 0.3) is 0 Å². The molecule has 5 heteroatoms. The molecule has 1 N–H and O–H groups in total. The standard InChI is InChI=1S/C13H19N3OS/c1-3-5-14-7-12-9-17-13(15-12)16(2)8-11-4-6-18-10-11/h4,6,9-10,14H,3,5,7-8H2,1-2H3. The van der Waals surface area contributed by atoms with Crippen LogP contribution in [0.4, 0.5) is 6.01 Å². The number of rotatable bonds is 7. The Morgan fingerprint density at radius 3 is 3.11 bits per heavy atom. The van der Waals surface area contributed by atoms with E-state index >= 15 is 0 Å². The minimum absolute atomic E-state index is 0.675. The second-order valence-electron chi connectivity index (χ2n) is 4.29. The van der Waals surface area contributed by atoms with Crippen molar-refractivity contribution in [3.8, 4) is 0 Å². The summed E-state index contributed by atoms with van der Waals surface area (Å²) in [6.45, 7) is 4.75. The number of nitrogens with one attached hydrogen (secondary N) is 1. The second-order valence-corrected chi connectivity index (χ2v) is 5.07. The average Bonchev–Trinajstić information content (AvgIpc) is 3.00. The third-order valence-corrected chi connectivity index (χ3v) is 3.33. The lowest BCUT2D eigenvalue weighted by atomic mass is 10.3. The van der Waals surface area contributed by atoms with Crippen molar-refractivity contribution in [2.45, 2.75) is 26.4 Å². The summed E-state index contributed by atoms with van der Waals surface area (Å²) in [6, 6.07) is 2.79. The highest BCUT2D eigenvalue weighted by molar-refractivity contribution is 7.07. The van der Waals surface area contributed by atoms with Gasteiger partial charge in [-0.1, -0.05) is 6.92 Å². The Balaban J connectivity index is 1.88. The van der Waals surface area contributed by atoms with E-state index in [0.717, 1.165) is 31.7 Å². The average molecular weight is 265 g/mol. The van der Waals surface area contributed by atoms with Crippen LogP contribution >= 0.6 is 11.3 Å². The summed E-state index contributed by atoms with van der Waals surface area (Å²) in [5.74, 6) is 0. The van der Waals surface area contributed by atoms with Gasteiger partial charge < -0.3 is 14.6 Å². The van der Waals surface area contributed by atoms with Crippen LogP contribution in [0.5, 0.6) is 0 Å². The molecule has 2 aromatic heterocycles. The van der Waals surface area contributed by atoms with E-state index in [-0.39, 0.29) is 0 Å². The zero-order chi connectivity index (χ0) is 12.8. The predicted molar refractivity (Wildman–Crippen MR) is 74.9 cm³/mol. The Kier molecular flexibility index (Phi) is 4.78. The molecule has 0 aromatic carbocycles. The summed E-state index contributed by atoms with van der Waals surface area (Å²) < 4.78 is 5.48. The van der Waals surface area contributed by atoms with E-state index in [1.165, 1.54) is 5.56 Å². The van der Waals surface area contributed by atoms with Crippen LogP contribution in [0.1, 0.15) is 24.6 Å². The first-order valence-corrected chi connectivity index (χ1v) is 7.11. The van der Waals surface area contributed by atoms with Gasteiger partial charge in [0.1, 0.15) is 6.26 Å².